The average Bonchev–Trinajstić information content (AvgIpc) is 3.02. The fourth-order valence-electron chi connectivity index (χ4n) is 3.61. The Hall–Kier alpha value is -2.80. The number of benzene rings is 1. The number of nitrogens with two attached hydrogens (primary N) is 1. The van der Waals surface area contributed by atoms with Gasteiger partial charge >= 0.3 is 5.97 Å². The molecule has 0 amide bonds. The highest BCUT2D eigenvalue weighted by molar-refractivity contribution is 6.03. The standard InChI is InChI=1S/C23H32N2O5/c1-8-29-18-11-10-17(12-19(18)30-9-2)14(4)24-16(6)22(26)21-13(3)20(15(5)25-21)23(27)28-7/h10-12,14,16,24-25H,8-9H2,1-7H3/p+1/t14-,16+/m1/s1. The number of Topliss-reactive ketones (excluding diaryl/α,β-unsaturated/α-hetero) is 1. The molecule has 0 radical (unpaired) electrons. The zero-order chi connectivity index (χ0) is 22.4. The highest BCUT2D eigenvalue weighted by atomic mass is 16.5. The van der Waals surface area contributed by atoms with Gasteiger partial charge in [-0.05, 0) is 65.3 Å². The first-order valence-electron chi connectivity index (χ1n) is 10.3. The van der Waals surface area contributed by atoms with Crippen molar-refractivity contribution >= 4 is 11.8 Å². The maximum atomic E-state index is 13.1. The third-order valence-electron chi connectivity index (χ3n) is 5.16. The second-order valence-corrected chi connectivity index (χ2v) is 7.32. The number of quaternary nitrogens is 1. The van der Waals surface area contributed by atoms with E-state index < -0.39 is 5.97 Å². The molecule has 0 spiro atoms. The Bertz CT molecular complexity index is 903. The predicted octanol–water partition coefficient (Wildman–Crippen LogP) is 3.11. The van der Waals surface area contributed by atoms with Crippen LogP contribution in [-0.2, 0) is 4.74 Å². The average molecular weight is 418 g/mol. The van der Waals surface area contributed by atoms with E-state index in [4.69, 9.17) is 14.2 Å². The van der Waals surface area contributed by atoms with Crippen molar-refractivity contribution in [1.82, 2.24) is 4.98 Å². The molecule has 7 heteroatoms. The van der Waals surface area contributed by atoms with Crippen molar-refractivity contribution in [2.24, 2.45) is 0 Å². The quantitative estimate of drug-likeness (QED) is 0.458. The molecule has 30 heavy (non-hydrogen) atoms. The third kappa shape index (κ3) is 5.02. The van der Waals surface area contributed by atoms with Crippen molar-refractivity contribution < 1.29 is 29.1 Å². The molecule has 0 bridgehead atoms. The Morgan fingerprint density at radius 2 is 1.70 bits per heavy atom. The highest BCUT2D eigenvalue weighted by Gasteiger charge is 2.28. The van der Waals surface area contributed by atoms with Gasteiger partial charge in [0.15, 0.2) is 11.5 Å². The fourth-order valence-corrected chi connectivity index (χ4v) is 3.61. The van der Waals surface area contributed by atoms with Crippen molar-refractivity contribution in [1.29, 1.82) is 0 Å². The molecule has 0 saturated heterocycles. The molecule has 0 unspecified atom stereocenters. The maximum absolute atomic E-state index is 13.1. The van der Waals surface area contributed by atoms with Crippen LogP contribution in [0.1, 0.15) is 71.4 Å². The van der Waals surface area contributed by atoms with Crippen LogP contribution in [0.4, 0.5) is 0 Å². The van der Waals surface area contributed by atoms with E-state index in [1.54, 1.807) is 13.8 Å². The van der Waals surface area contributed by atoms with Crippen LogP contribution in [0.5, 0.6) is 11.5 Å². The topological polar surface area (TPSA) is 94.2 Å². The van der Waals surface area contributed by atoms with E-state index in [9.17, 15) is 9.59 Å². The van der Waals surface area contributed by atoms with Crippen molar-refractivity contribution in [3.05, 3.63) is 46.3 Å². The van der Waals surface area contributed by atoms with Gasteiger partial charge in [-0.15, -0.1) is 0 Å². The number of esters is 1. The van der Waals surface area contributed by atoms with E-state index in [1.165, 1.54) is 7.11 Å². The van der Waals surface area contributed by atoms with Gasteiger partial charge in [0.25, 0.3) is 0 Å². The number of nitrogens with one attached hydrogen (secondary N) is 1. The maximum Gasteiger partial charge on any atom is 0.339 e. The van der Waals surface area contributed by atoms with Gasteiger partial charge in [0, 0.05) is 11.3 Å². The zero-order valence-corrected chi connectivity index (χ0v) is 18.9. The second-order valence-electron chi connectivity index (χ2n) is 7.32. The lowest BCUT2D eigenvalue weighted by Gasteiger charge is -2.18. The van der Waals surface area contributed by atoms with E-state index in [0.717, 1.165) is 5.56 Å². The van der Waals surface area contributed by atoms with Crippen LogP contribution >= 0.6 is 0 Å². The summed E-state index contributed by atoms with van der Waals surface area (Å²) >= 11 is 0. The van der Waals surface area contributed by atoms with Crippen molar-refractivity contribution in [3.8, 4) is 11.5 Å². The largest absolute Gasteiger partial charge is 0.490 e. The molecule has 2 aromatic rings. The lowest BCUT2D eigenvalue weighted by Crippen LogP contribution is -2.91. The number of methoxy groups -OCH3 is 1. The van der Waals surface area contributed by atoms with Gasteiger partial charge in [-0.25, -0.2) is 4.79 Å². The molecular formula is C23H33N2O5+. The van der Waals surface area contributed by atoms with Crippen molar-refractivity contribution in [2.75, 3.05) is 20.3 Å². The van der Waals surface area contributed by atoms with Crippen LogP contribution < -0.4 is 14.8 Å². The minimum Gasteiger partial charge on any atom is -0.490 e. The Morgan fingerprint density at radius 3 is 2.30 bits per heavy atom. The molecule has 1 aromatic carbocycles. The first kappa shape index (κ1) is 23.5. The Labute approximate surface area is 178 Å². The number of H-pyrrole nitrogens is 1. The van der Waals surface area contributed by atoms with Crippen LogP contribution in [0.25, 0.3) is 0 Å². The zero-order valence-electron chi connectivity index (χ0n) is 18.9. The first-order chi connectivity index (χ1) is 14.2. The number of aromatic amines is 1. The van der Waals surface area contributed by atoms with Gasteiger partial charge in [0.1, 0.15) is 12.1 Å². The molecule has 2 atom stereocenters. The van der Waals surface area contributed by atoms with E-state index in [2.05, 4.69) is 4.98 Å². The number of ether oxygens (including phenoxy) is 3. The summed E-state index contributed by atoms with van der Waals surface area (Å²) in [7, 11) is 1.33. The summed E-state index contributed by atoms with van der Waals surface area (Å²) in [5.74, 6) is 0.915. The number of carbonyl (C=O) groups is 2. The lowest BCUT2D eigenvalue weighted by atomic mass is 10.0. The van der Waals surface area contributed by atoms with Gasteiger partial charge in [0.2, 0.25) is 5.78 Å². The van der Waals surface area contributed by atoms with Crippen LogP contribution in [0.2, 0.25) is 0 Å². The summed E-state index contributed by atoms with van der Waals surface area (Å²) < 4.78 is 16.2. The molecule has 0 saturated carbocycles. The molecule has 0 aliphatic heterocycles. The number of aryl methyl sites for hydroxylation is 1. The van der Waals surface area contributed by atoms with E-state index in [1.807, 2.05) is 51.2 Å². The first-order valence-corrected chi connectivity index (χ1v) is 10.3. The molecular weight excluding hydrogens is 384 g/mol. The predicted molar refractivity (Wildman–Crippen MR) is 115 cm³/mol. The van der Waals surface area contributed by atoms with Gasteiger partial charge in [-0.2, -0.15) is 0 Å². The monoisotopic (exact) mass is 417 g/mol. The summed E-state index contributed by atoms with van der Waals surface area (Å²) in [4.78, 5) is 28.1. The Morgan fingerprint density at radius 1 is 1.07 bits per heavy atom. The Kier molecular flexibility index (Phi) is 8.06. The van der Waals surface area contributed by atoms with Crippen LogP contribution in [0.3, 0.4) is 0 Å². The number of ketones is 1. The normalized spacial score (nSPS) is 12.9. The fraction of sp³-hybridized carbons (Fsp3) is 0.478. The number of hydrogen-bond donors (Lipinski definition) is 2. The van der Waals surface area contributed by atoms with Crippen molar-refractivity contribution in [3.63, 3.8) is 0 Å². The van der Waals surface area contributed by atoms with Gasteiger partial charge in [-0.3, -0.25) is 4.79 Å². The SMILES string of the molecule is CCOc1ccc([C@@H](C)[NH2+][C@@H](C)C(=O)c2[nH]c(C)c(C(=O)OC)c2C)cc1OCC. The molecule has 0 aliphatic rings. The minimum atomic E-state index is -0.442. The summed E-state index contributed by atoms with van der Waals surface area (Å²) in [6, 6.07) is 5.54. The molecule has 2 rings (SSSR count). The molecule has 164 valence electrons. The van der Waals surface area contributed by atoms with E-state index in [0.29, 0.717) is 47.2 Å². The molecule has 0 aliphatic carbocycles. The Balaban J connectivity index is 2.19. The van der Waals surface area contributed by atoms with E-state index in [-0.39, 0.29) is 17.9 Å². The van der Waals surface area contributed by atoms with E-state index >= 15 is 0 Å². The highest BCUT2D eigenvalue weighted by Crippen LogP contribution is 2.30. The molecule has 0 fully saturated rings. The second kappa shape index (κ2) is 10.3. The smallest absolute Gasteiger partial charge is 0.339 e. The molecule has 3 N–H and O–H groups in total. The number of rotatable bonds is 10. The van der Waals surface area contributed by atoms with Crippen molar-refractivity contribution in [2.45, 2.75) is 53.6 Å². The summed E-state index contributed by atoms with van der Waals surface area (Å²) in [5.41, 5.74) is 3.17. The molecule has 1 heterocycles. The van der Waals surface area contributed by atoms with Crippen LogP contribution in [0.15, 0.2) is 18.2 Å². The number of aromatic nitrogens is 1. The summed E-state index contributed by atoms with van der Waals surface area (Å²) in [6.07, 6.45) is 0. The van der Waals surface area contributed by atoms with Gasteiger partial charge in [-0.1, -0.05) is 0 Å². The summed E-state index contributed by atoms with van der Waals surface area (Å²) in [5, 5.41) is 2.00. The van der Waals surface area contributed by atoms with Crippen LogP contribution in [-0.4, -0.2) is 43.1 Å². The minimum absolute atomic E-state index is 0.0234. The van der Waals surface area contributed by atoms with Gasteiger partial charge in [0.05, 0.1) is 31.6 Å². The lowest BCUT2D eigenvalue weighted by molar-refractivity contribution is -0.709. The summed E-state index contributed by atoms with van der Waals surface area (Å²) in [6.45, 7) is 12.4. The molecule has 7 nitrogen and oxygen atoms in total. The number of carbonyl (C=O) groups excluding carboxylic acids is 2. The third-order valence-corrected chi connectivity index (χ3v) is 5.16. The number of hydrogen-bond acceptors (Lipinski definition) is 5. The van der Waals surface area contributed by atoms with Crippen LogP contribution in [0, 0.1) is 13.8 Å². The van der Waals surface area contributed by atoms with Gasteiger partial charge < -0.3 is 24.5 Å². The molecule has 1 aromatic heterocycles.